The molecular formula is C18H24O4. The van der Waals surface area contributed by atoms with E-state index in [2.05, 4.69) is 6.92 Å². The Morgan fingerprint density at radius 2 is 1.68 bits per heavy atom. The van der Waals surface area contributed by atoms with Crippen LogP contribution in [0.1, 0.15) is 51.0 Å². The molecule has 2 rings (SSSR count). The molecule has 4 heteroatoms. The van der Waals surface area contributed by atoms with Gasteiger partial charge in [0.1, 0.15) is 5.75 Å². The summed E-state index contributed by atoms with van der Waals surface area (Å²) in [5.74, 6) is -0.887. The van der Waals surface area contributed by atoms with Gasteiger partial charge in [0.25, 0.3) is 0 Å². The van der Waals surface area contributed by atoms with E-state index < -0.39 is 5.97 Å². The average molecular weight is 304 g/mol. The molecule has 1 fully saturated rings. The number of aliphatic carboxylic acids is 1. The summed E-state index contributed by atoms with van der Waals surface area (Å²) >= 11 is 0. The highest BCUT2D eigenvalue weighted by Gasteiger charge is 2.30. The molecule has 0 atom stereocenters. The van der Waals surface area contributed by atoms with Gasteiger partial charge >= 0.3 is 11.9 Å². The van der Waals surface area contributed by atoms with E-state index in [4.69, 9.17) is 9.84 Å². The van der Waals surface area contributed by atoms with Crippen LogP contribution in [0, 0.1) is 11.8 Å². The van der Waals surface area contributed by atoms with Crippen molar-refractivity contribution in [1.82, 2.24) is 0 Å². The molecule has 0 saturated heterocycles. The zero-order valence-electron chi connectivity index (χ0n) is 13.1. The van der Waals surface area contributed by atoms with Crippen molar-refractivity contribution in [3.63, 3.8) is 0 Å². The van der Waals surface area contributed by atoms with Crippen LogP contribution < -0.4 is 4.74 Å². The van der Waals surface area contributed by atoms with Gasteiger partial charge in [0.2, 0.25) is 0 Å². The Morgan fingerprint density at radius 1 is 1.09 bits per heavy atom. The Balaban J connectivity index is 1.83. The second-order valence-electron chi connectivity index (χ2n) is 6.06. The van der Waals surface area contributed by atoms with Crippen LogP contribution in [0.5, 0.6) is 5.75 Å². The van der Waals surface area contributed by atoms with Crippen LogP contribution >= 0.6 is 0 Å². The SMILES string of the molecule is CCCCc1ccc(OC(=O)C2CCC(C(=O)O)CC2)cc1. The first-order valence-electron chi connectivity index (χ1n) is 8.13. The minimum absolute atomic E-state index is 0.171. The molecule has 1 saturated carbocycles. The van der Waals surface area contributed by atoms with E-state index in [9.17, 15) is 9.59 Å². The van der Waals surface area contributed by atoms with Crippen LogP contribution in [0.25, 0.3) is 0 Å². The van der Waals surface area contributed by atoms with Gasteiger partial charge in [0.05, 0.1) is 11.8 Å². The number of benzene rings is 1. The van der Waals surface area contributed by atoms with Crippen LogP contribution in [-0.4, -0.2) is 17.0 Å². The van der Waals surface area contributed by atoms with Crippen molar-refractivity contribution in [3.8, 4) is 5.75 Å². The summed E-state index contributed by atoms with van der Waals surface area (Å²) in [5, 5.41) is 8.97. The summed E-state index contributed by atoms with van der Waals surface area (Å²) in [6, 6.07) is 7.68. The monoisotopic (exact) mass is 304 g/mol. The van der Waals surface area contributed by atoms with Gasteiger partial charge in [-0.1, -0.05) is 25.5 Å². The Morgan fingerprint density at radius 3 is 2.23 bits per heavy atom. The number of rotatable bonds is 6. The van der Waals surface area contributed by atoms with Crippen molar-refractivity contribution in [3.05, 3.63) is 29.8 Å². The number of carbonyl (C=O) groups excluding carboxylic acids is 1. The van der Waals surface area contributed by atoms with E-state index in [1.807, 2.05) is 24.3 Å². The summed E-state index contributed by atoms with van der Waals surface area (Å²) in [4.78, 5) is 23.0. The lowest BCUT2D eigenvalue weighted by Crippen LogP contribution is -2.28. The van der Waals surface area contributed by atoms with Crippen LogP contribution in [0.15, 0.2) is 24.3 Å². The quantitative estimate of drug-likeness (QED) is 0.641. The Kier molecular flexibility index (Phi) is 5.99. The molecule has 1 aromatic carbocycles. The lowest BCUT2D eigenvalue weighted by molar-refractivity contribution is -0.146. The highest BCUT2D eigenvalue weighted by molar-refractivity contribution is 5.76. The molecule has 1 aliphatic rings. The topological polar surface area (TPSA) is 63.6 Å². The number of carbonyl (C=O) groups is 2. The largest absolute Gasteiger partial charge is 0.481 e. The molecule has 0 unspecified atom stereocenters. The lowest BCUT2D eigenvalue weighted by atomic mass is 9.82. The fourth-order valence-electron chi connectivity index (χ4n) is 2.88. The molecule has 120 valence electrons. The molecule has 0 heterocycles. The summed E-state index contributed by atoms with van der Waals surface area (Å²) in [6.45, 7) is 2.16. The highest BCUT2D eigenvalue weighted by Crippen LogP contribution is 2.30. The number of aryl methyl sites for hydroxylation is 1. The number of hydrogen-bond acceptors (Lipinski definition) is 3. The van der Waals surface area contributed by atoms with Crippen molar-refractivity contribution >= 4 is 11.9 Å². The molecule has 0 spiro atoms. The van der Waals surface area contributed by atoms with Gasteiger partial charge < -0.3 is 9.84 Å². The molecule has 4 nitrogen and oxygen atoms in total. The number of carboxylic acid groups (broad SMARTS) is 1. The first kappa shape index (κ1) is 16.5. The number of ether oxygens (including phenoxy) is 1. The van der Waals surface area contributed by atoms with Crippen molar-refractivity contribution in [2.24, 2.45) is 11.8 Å². The van der Waals surface area contributed by atoms with E-state index in [1.165, 1.54) is 5.56 Å². The number of carboxylic acids is 1. The van der Waals surface area contributed by atoms with Gasteiger partial charge in [0, 0.05) is 0 Å². The highest BCUT2D eigenvalue weighted by atomic mass is 16.5. The third-order valence-corrected chi connectivity index (χ3v) is 4.37. The van der Waals surface area contributed by atoms with Gasteiger partial charge in [0.15, 0.2) is 0 Å². The van der Waals surface area contributed by atoms with Crippen LogP contribution in [-0.2, 0) is 16.0 Å². The predicted octanol–water partition coefficient (Wildman–Crippen LogP) is 3.83. The molecular weight excluding hydrogens is 280 g/mol. The molecule has 0 bridgehead atoms. The normalized spacial score (nSPS) is 21.3. The summed E-state index contributed by atoms with van der Waals surface area (Å²) in [6.07, 6.45) is 5.69. The Bertz CT molecular complexity index is 498. The number of unbranched alkanes of at least 4 members (excludes halogenated alkanes) is 1. The lowest BCUT2D eigenvalue weighted by Gasteiger charge is -2.24. The van der Waals surface area contributed by atoms with Gasteiger partial charge in [-0.15, -0.1) is 0 Å². The molecule has 0 radical (unpaired) electrons. The first-order chi connectivity index (χ1) is 10.6. The summed E-state index contributed by atoms with van der Waals surface area (Å²) < 4.78 is 5.42. The third-order valence-electron chi connectivity index (χ3n) is 4.37. The van der Waals surface area contributed by atoms with E-state index >= 15 is 0 Å². The van der Waals surface area contributed by atoms with Gasteiger partial charge in [-0.3, -0.25) is 9.59 Å². The minimum Gasteiger partial charge on any atom is -0.481 e. The third kappa shape index (κ3) is 4.58. The fourth-order valence-corrected chi connectivity index (χ4v) is 2.88. The Labute approximate surface area is 131 Å². The Hall–Kier alpha value is -1.84. The van der Waals surface area contributed by atoms with Gasteiger partial charge in [-0.05, 0) is 56.2 Å². The van der Waals surface area contributed by atoms with E-state index in [0.29, 0.717) is 31.4 Å². The minimum atomic E-state index is -0.755. The molecule has 1 aliphatic carbocycles. The van der Waals surface area contributed by atoms with Crippen molar-refractivity contribution in [2.45, 2.75) is 51.9 Å². The predicted molar refractivity (Wildman–Crippen MR) is 83.8 cm³/mol. The second-order valence-corrected chi connectivity index (χ2v) is 6.06. The van der Waals surface area contributed by atoms with Crippen LogP contribution in [0.3, 0.4) is 0 Å². The average Bonchev–Trinajstić information content (AvgIpc) is 2.54. The molecule has 1 N–H and O–H groups in total. The summed E-state index contributed by atoms with van der Waals surface area (Å²) in [5.41, 5.74) is 1.25. The maximum Gasteiger partial charge on any atom is 0.314 e. The van der Waals surface area contributed by atoms with Crippen molar-refractivity contribution < 1.29 is 19.4 Å². The molecule has 1 aromatic rings. The van der Waals surface area contributed by atoms with E-state index in [1.54, 1.807) is 0 Å². The zero-order chi connectivity index (χ0) is 15.9. The van der Waals surface area contributed by atoms with Crippen molar-refractivity contribution in [2.75, 3.05) is 0 Å². The summed E-state index contributed by atoms with van der Waals surface area (Å²) in [7, 11) is 0. The van der Waals surface area contributed by atoms with Crippen LogP contribution in [0.2, 0.25) is 0 Å². The molecule has 0 amide bonds. The zero-order valence-corrected chi connectivity index (χ0v) is 13.1. The number of esters is 1. The number of hydrogen-bond donors (Lipinski definition) is 1. The van der Waals surface area contributed by atoms with E-state index in [0.717, 1.165) is 19.3 Å². The maximum absolute atomic E-state index is 12.1. The molecule has 22 heavy (non-hydrogen) atoms. The van der Waals surface area contributed by atoms with Crippen molar-refractivity contribution in [1.29, 1.82) is 0 Å². The standard InChI is InChI=1S/C18H24O4/c1-2-3-4-13-5-11-16(12-6-13)22-18(21)15-9-7-14(8-10-15)17(19)20/h5-6,11-12,14-15H,2-4,7-10H2,1H3,(H,19,20). The molecule has 0 aromatic heterocycles. The van der Waals surface area contributed by atoms with Gasteiger partial charge in [-0.25, -0.2) is 0 Å². The van der Waals surface area contributed by atoms with Crippen LogP contribution in [0.4, 0.5) is 0 Å². The first-order valence-corrected chi connectivity index (χ1v) is 8.13. The van der Waals surface area contributed by atoms with E-state index in [-0.39, 0.29) is 17.8 Å². The van der Waals surface area contributed by atoms with Gasteiger partial charge in [-0.2, -0.15) is 0 Å². The maximum atomic E-state index is 12.1. The smallest absolute Gasteiger partial charge is 0.314 e. The second kappa shape index (κ2) is 7.97. The fraction of sp³-hybridized carbons (Fsp3) is 0.556. The molecule has 0 aliphatic heterocycles.